The summed E-state index contributed by atoms with van der Waals surface area (Å²) in [6.45, 7) is 0.740. The van der Waals surface area contributed by atoms with Crippen LogP contribution in [0.15, 0.2) is 48.7 Å². The van der Waals surface area contributed by atoms with Gasteiger partial charge in [-0.05, 0) is 25.0 Å². The highest BCUT2D eigenvalue weighted by Gasteiger charge is 2.33. The second-order valence-corrected chi connectivity index (χ2v) is 5.65. The van der Waals surface area contributed by atoms with E-state index < -0.39 is 0 Å². The first-order valence-corrected chi connectivity index (χ1v) is 7.75. The van der Waals surface area contributed by atoms with Gasteiger partial charge in [0.2, 0.25) is 0 Å². The van der Waals surface area contributed by atoms with E-state index >= 15 is 0 Å². The van der Waals surface area contributed by atoms with E-state index in [1.807, 2.05) is 41.3 Å². The van der Waals surface area contributed by atoms with Crippen LogP contribution in [-0.2, 0) is 0 Å². The van der Waals surface area contributed by atoms with E-state index in [0.717, 1.165) is 30.8 Å². The van der Waals surface area contributed by atoms with Crippen molar-refractivity contribution in [1.82, 2.24) is 25.1 Å². The molecule has 0 spiro atoms. The van der Waals surface area contributed by atoms with Crippen molar-refractivity contribution in [3.63, 3.8) is 0 Å². The fraction of sp³-hybridized carbons (Fsp3) is 0.235. The van der Waals surface area contributed by atoms with E-state index in [1.54, 1.807) is 12.3 Å². The summed E-state index contributed by atoms with van der Waals surface area (Å²) in [6.07, 6.45) is 3.63. The molecular weight excluding hydrogens is 290 g/mol. The molecule has 3 heterocycles. The Balaban J connectivity index is 1.60. The summed E-state index contributed by atoms with van der Waals surface area (Å²) in [5, 5.41) is 7.32. The minimum absolute atomic E-state index is 0.00941. The number of hydrogen-bond acceptors (Lipinski definition) is 3. The third-order valence-electron chi connectivity index (χ3n) is 4.19. The molecule has 0 aliphatic carbocycles. The van der Waals surface area contributed by atoms with E-state index in [4.69, 9.17) is 0 Å². The number of carbonyl (C=O) groups excluding carboxylic acids is 1. The van der Waals surface area contributed by atoms with Gasteiger partial charge in [0.25, 0.3) is 5.91 Å². The molecule has 3 aromatic rings. The van der Waals surface area contributed by atoms with Gasteiger partial charge in [0.05, 0.1) is 6.04 Å². The lowest BCUT2D eigenvalue weighted by Gasteiger charge is -2.22. The number of rotatable bonds is 3. The Hall–Kier alpha value is -2.89. The largest absolute Gasteiger partial charge is 0.357 e. The van der Waals surface area contributed by atoms with Crippen LogP contribution in [0.25, 0.3) is 11.4 Å². The Morgan fingerprint density at radius 3 is 2.83 bits per heavy atom. The molecule has 23 heavy (non-hydrogen) atoms. The van der Waals surface area contributed by atoms with Crippen LogP contribution in [-0.4, -0.2) is 37.5 Å². The van der Waals surface area contributed by atoms with Crippen LogP contribution in [0, 0.1) is 0 Å². The van der Waals surface area contributed by atoms with Crippen LogP contribution in [0.3, 0.4) is 0 Å². The molecule has 0 bridgehead atoms. The van der Waals surface area contributed by atoms with Crippen LogP contribution >= 0.6 is 0 Å². The van der Waals surface area contributed by atoms with Gasteiger partial charge < -0.3 is 9.88 Å². The highest BCUT2D eigenvalue weighted by atomic mass is 16.2. The Morgan fingerprint density at radius 2 is 2.04 bits per heavy atom. The Bertz CT molecular complexity index is 794. The highest BCUT2D eigenvalue weighted by molar-refractivity contribution is 5.92. The van der Waals surface area contributed by atoms with Crippen molar-refractivity contribution in [2.24, 2.45) is 0 Å². The lowest BCUT2D eigenvalue weighted by Crippen LogP contribution is -2.31. The van der Waals surface area contributed by atoms with Crippen molar-refractivity contribution >= 4 is 5.91 Å². The van der Waals surface area contributed by atoms with Gasteiger partial charge in [0, 0.05) is 18.3 Å². The monoisotopic (exact) mass is 307 g/mol. The van der Waals surface area contributed by atoms with Gasteiger partial charge >= 0.3 is 0 Å². The van der Waals surface area contributed by atoms with E-state index in [9.17, 15) is 4.79 Å². The SMILES string of the molecule is O=C(c1ccc[nH]1)N1CCCC1c1nc(-c2ccccc2)n[nH]1. The van der Waals surface area contributed by atoms with Gasteiger partial charge in [0.15, 0.2) is 5.82 Å². The van der Waals surface area contributed by atoms with Crippen molar-refractivity contribution in [3.8, 4) is 11.4 Å². The van der Waals surface area contributed by atoms with E-state index in [0.29, 0.717) is 11.5 Å². The summed E-state index contributed by atoms with van der Waals surface area (Å²) in [4.78, 5) is 22.0. The molecule has 1 aliphatic rings. The van der Waals surface area contributed by atoms with Crippen molar-refractivity contribution < 1.29 is 4.79 Å². The molecule has 1 aliphatic heterocycles. The third-order valence-corrected chi connectivity index (χ3v) is 4.19. The van der Waals surface area contributed by atoms with Crippen LogP contribution in [0.2, 0.25) is 0 Å². The number of benzene rings is 1. The van der Waals surface area contributed by atoms with E-state index in [1.165, 1.54) is 0 Å². The van der Waals surface area contributed by atoms with Crippen LogP contribution in [0.4, 0.5) is 0 Å². The predicted molar refractivity (Wildman–Crippen MR) is 85.6 cm³/mol. The molecule has 1 atom stereocenters. The fourth-order valence-electron chi connectivity index (χ4n) is 3.05. The Kier molecular flexibility index (Phi) is 3.42. The standard InChI is InChI=1S/C17H17N5O/c23-17(13-8-4-10-18-13)22-11-5-9-14(22)16-19-15(20-21-16)12-6-2-1-3-7-12/h1-4,6-8,10,14,18H,5,9,11H2,(H,19,20,21). The van der Waals surface area contributed by atoms with Crippen molar-refractivity contribution in [2.45, 2.75) is 18.9 Å². The number of aromatic amines is 2. The molecule has 1 fully saturated rings. The number of hydrogen-bond donors (Lipinski definition) is 2. The second kappa shape index (κ2) is 5.72. The van der Waals surface area contributed by atoms with E-state index in [2.05, 4.69) is 20.2 Å². The summed E-state index contributed by atoms with van der Waals surface area (Å²) in [6, 6.07) is 13.4. The topological polar surface area (TPSA) is 77.7 Å². The molecule has 1 aromatic carbocycles. The first-order chi connectivity index (χ1) is 11.3. The average molecular weight is 307 g/mol. The summed E-state index contributed by atoms with van der Waals surface area (Å²) in [5.41, 5.74) is 1.58. The van der Waals surface area contributed by atoms with Gasteiger partial charge in [-0.1, -0.05) is 30.3 Å². The quantitative estimate of drug-likeness (QED) is 0.781. The number of aromatic nitrogens is 4. The number of carbonyl (C=O) groups is 1. The molecule has 1 amide bonds. The maximum Gasteiger partial charge on any atom is 0.270 e. The van der Waals surface area contributed by atoms with Gasteiger partial charge in [-0.2, -0.15) is 5.10 Å². The average Bonchev–Trinajstić information content (AvgIpc) is 3.35. The van der Waals surface area contributed by atoms with Crippen LogP contribution in [0.5, 0.6) is 0 Å². The predicted octanol–water partition coefficient (Wildman–Crippen LogP) is 2.78. The van der Waals surface area contributed by atoms with Gasteiger partial charge in [0.1, 0.15) is 11.5 Å². The number of H-pyrrole nitrogens is 2. The molecule has 116 valence electrons. The lowest BCUT2D eigenvalue weighted by molar-refractivity contribution is 0.0725. The van der Waals surface area contributed by atoms with Crippen molar-refractivity contribution in [1.29, 1.82) is 0 Å². The summed E-state index contributed by atoms with van der Waals surface area (Å²) < 4.78 is 0. The number of likely N-dealkylation sites (tertiary alicyclic amines) is 1. The fourth-order valence-corrected chi connectivity index (χ4v) is 3.05. The molecule has 1 saturated heterocycles. The summed E-state index contributed by atoms with van der Waals surface area (Å²) >= 11 is 0. The molecule has 2 N–H and O–H groups in total. The number of nitrogens with zero attached hydrogens (tertiary/aromatic N) is 3. The Labute approximate surface area is 133 Å². The molecule has 1 unspecified atom stereocenters. The summed E-state index contributed by atoms with van der Waals surface area (Å²) in [5.74, 6) is 1.43. The molecular formula is C17H17N5O. The first kappa shape index (κ1) is 13.8. The molecule has 6 heteroatoms. The van der Waals surface area contributed by atoms with Gasteiger partial charge in [-0.15, -0.1) is 0 Å². The highest BCUT2D eigenvalue weighted by Crippen LogP contribution is 2.31. The van der Waals surface area contributed by atoms with Gasteiger partial charge in [-0.3, -0.25) is 9.89 Å². The van der Waals surface area contributed by atoms with Crippen LogP contribution < -0.4 is 0 Å². The normalized spacial score (nSPS) is 17.6. The van der Waals surface area contributed by atoms with Crippen molar-refractivity contribution in [3.05, 3.63) is 60.2 Å². The summed E-state index contributed by atoms with van der Waals surface area (Å²) in [7, 11) is 0. The minimum Gasteiger partial charge on any atom is -0.357 e. The number of nitrogens with one attached hydrogen (secondary N) is 2. The zero-order valence-corrected chi connectivity index (χ0v) is 12.6. The minimum atomic E-state index is -0.0456. The smallest absolute Gasteiger partial charge is 0.270 e. The number of amides is 1. The van der Waals surface area contributed by atoms with E-state index in [-0.39, 0.29) is 11.9 Å². The lowest BCUT2D eigenvalue weighted by atomic mass is 10.2. The van der Waals surface area contributed by atoms with Crippen molar-refractivity contribution in [2.75, 3.05) is 6.54 Å². The molecule has 6 nitrogen and oxygen atoms in total. The first-order valence-electron chi connectivity index (χ1n) is 7.75. The second-order valence-electron chi connectivity index (χ2n) is 5.65. The third kappa shape index (κ3) is 2.52. The van der Waals surface area contributed by atoms with Gasteiger partial charge in [-0.25, -0.2) is 4.98 Å². The van der Waals surface area contributed by atoms with Crippen LogP contribution in [0.1, 0.15) is 35.2 Å². The molecule has 0 radical (unpaired) electrons. The Morgan fingerprint density at radius 1 is 1.17 bits per heavy atom. The maximum absolute atomic E-state index is 12.6. The maximum atomic E-state index is 12.6. The molecule has 0 saturated carbocycles. The molecule has 4 rings (SSSR count). The zero-order chi connectivity index (χ0) is 15.6. The zero-order valence-electron chi connectivity index (χ0n) is 12.6. The molecule has 2 aromatic heterocycles.